The number of benzene rings is 4. The number of nitrogens with zero attached hydrogens (tertiary/aromatic N) is 1. The third kappa shape index (κ3) is 8.73. The number of hydrazone groups is 1. The lowest BCUT2D eigenvalue weighted by molar-refractivity contribution is -0.118. The molecule has 10 heteroatoms. The van der Waals surface area contributed by atoms with Gasteiger partial charge in [-0.05, 0) is 67.4 Å². The van der Waals surface area contributed by atoms with Gasteiger partial charge in [0.15, 0.2) is 23.9 Å². The molecule has 4 aromatic carbocycles. The van der Waals surface area contributed by atoms with Crippen molar-refractivity contribution in [2.24, 2.45) is 5.10 Å². The van der Waals surface area contributed by atoms with Gasteiger partial charge in [-0.3, -0.25) is 9.59 Å². The zero-order valence-corrected chi connectivity index (χ0v) is 24.5. The van der Waals surface area contributed by atoms with Crippen LogP contribution in [0.25, 0.3) is 0 Å². The lowest BCUT2D eigenvalue weighted by atomic mass is 10.2. The quantitative estimate of drug-likeness (QED) is 0.133. The Morgan fingerprint density at radius 2 is 1.57 bits per heavy atom. The van der Waals surface area contributed by atoms with Crippen molar-refractivity contribution in [1.82, 2.24) is 5.43 Å². The van der Waals surface area contributed by atoms with Gasteiger partial charge in [-0.1, -0.05) is 71.2 Å². The zero-order chi connectivity index (χ0) is 29.9. The van der Waals surface area contributed by atoms with E-state index in [0.717, 1.165) is 11.1 Å². The van der Waals surface area contributed by atoms with E-state index >= 15 is 0 Å². The van der Waals surface area contributed by atoms with Crippen LogP contribution in [0.15, 0.2) is 90.0 Å². The molecular weight excluding hydrogens is 577 g/mol. The van der Waals surface area contributed by atoms with Crippen LogP contribution in [0.1, 0.15) is 34.0 Å². The molecule has 2 amide bonds. The number of anilines is 1. The maximum atomic E-state index is 12.7. The molecule has 0 saturated carbocycles. The van der Waals surface area contributed by atoms with Crippen LogP contribution in [0, 0.1) is 6.92 Å². The number of nitrogens with one attached hydrogen (secondary N) is 2. The first-order valence-corrected chi connectivity index (χ1v) is 13.8. The number of rotatable bonds is 12. The van der Waals surface area contributed by atoms with Crippen LogP contribution in [-0.2, 0) is 11.4 Å². The summed E-state index contributed by atoms with van der Waals surface area (Å²) in [4.78, 5) is 25.0. The highest BCUT2D eigenvalue weighted by Gasteiger charge is 2.14. The fraction of sp³-hybridized carbons (Fsp3) is 0.156. The standard InChI is InChI=1S/C32H29Cl2N3O5/c1-3-40-29-17-24(11-14-28(29)41-19-22-7-5-4-6-8-22)32(39)37-35-18-23-15-26(33)31(27(34)16-23)42-20-30(38)36-25-12-9-21(2)10-13-25/h4-18H,3,19-20H2,1-2H3,(H,36,38)(H,37,39)/b35-18+. The molecule has 4 rings (SSSR count). The topological polar surface area (TPSA) is 98.3 Å². The lowest BCUT2D eigenvalue weighted by Crippen LogP contribution is -2.20. The van der Waals surface area contributed by atoms with Crippen molar-refractivity contribution in [1.29, 1.82) is 0 Å². The van der Waals surface area contributed by atoms with Gasteiger partial charge in [0.25, 0.3) is 11.8 Å². The summed E-state index contributed by atoms with van der Waals surface area (Å²) in [5, 5.41) is 7.13. The number of amides is 2. The molecule has 0 fully saturated rings. The summed E-state index contributed by atoms with van der Waals surface area (Å²) in [6, 6.07) is 25.2. The van der Waals surface area contributed by atoms with Crippen molar-refractivity contribution >= 4 is 46.9 Å². The minimum absolute atomic E-state index is 0.164. The lowest BCUT2D eigenvalue weighted by Gasteiger charge is -2.13. The van der Waals surface area contributed by atoms with E-state index < -0.39 is 5.91 Å². The van der Waals surface area contributed by atoms with Gasteiger partial charge in [0, 0.05) is 11.3 Å². The highest BCUT2D eigenvalue weighted by Crippen LogP contribution is 2.34. The van der Waals surface area contributed by atoms with Crippen LogP contribution in [0.3, 0.4) is 0 Å². The van der Waals surface area contributed by atoms with Crippen LogP contribution in [-0.4, -0.2) is 31.2 Å². The van der Waals surface area contributed by atoms with E-state index in [1.807, 2.05) is 56.3 Å². The number of ether oxygens (including phenoxy) is 3. The predicted octanol–water partition coefficient (Wildman–Crippen LogP) is 7.06. The number of hydrogen-bond acceptors (Lipinski definition) is 6. The first-order chi connectivity index (χ1) is 20.3. The minimum atomic E-state index is -0.446. The van der Waals surface area contributed by atoms with E-state index in [1.54, 1.807) is 42.5 Å². The molecule has 42 heavy (non-hydrogen) atoms. The Morgan fingerprint density at radius 3 is 2.26 bits per heavy atom. The van der Waals surface area contributed by atoms with Crippen LogP contribution in [0.5, 0.6) is 17.2 Å². The maximum Gasteiger partial charge on any atom is 0.271 e. The third-order valence-corrected chi connectivity index (χ3v) is 6.39. The van der Waals surface area contributed by atoms with Crippen molar-refractivity contribution < 1.29 is 23.8 Å². The molecule has 0 aliphatic rings. The van der Waals surface area contributed by atoms with Crippen molar-refractivity contribution in [2.45, 2.75) is 20.5 Å². The SMILES string of the molecule is CCOc1cc(C(=O)N/N=C/c2cc(Cl)c(OCC(=O)Nc3ccc(C)cc3)c(Cl)c2)ccc1OCc1ccccc1. The van der Waals surface area contributed by atoms with E-state index in [0.29, 0.717) is 41.5 Å². The Bertz CT molecular complexity index is 1540. The van der Waals surface area contributed by atoms with E-state index in [-0.39, 0.29) is 28.3 Å². The Kier molecular flexibility index (Phi) is 10.8. The maximum absolute atomic E-state index is 12.7. The molecule has 4 aromatic rings. The average Bonchev–Trinajstić information content (AvgIpc) is 2.98. The highest BCUT2D eigenvalue weighted by atomic mass is 35.5. The number of halogens is 2. The molecule has 0 atom stereocenters. The van der Waals surface area contributed by atoms with Crippen LogP contribution in [0.2, 0.25) is 10.0 Å². The Morgan fingerprint density at radius 1 is 0.857 bits per heavy atom. The summed E-state index contributed by atoms with van der Waals surface area (Å²) >= 11 is 12.7. The second-order valence-corrected chi connectivity index (χ2v) is 9.90. The van der Waals surface area contributed by atoms with Gasteiger partial charge in [-0.25, -0.2) is 5.43 Å². The minimum Gasteiger partial charge on any atom is -0.490 e. The van der Waals surface area contributed by atoms with Crippen LogP contribution >= 0.6 is 23.2 Å². The molecule has 0 bridgehead atoms. The van der Waals surface area contributed by atoms with E-state index in [9.17, 15) is 9.59 Å². The largest absolute Gasteiger partial charge is 0.490 e. The van der Waals surface area contributed by atoms with Gasteiger partial charge in [0.05, 0.1) is 22.9 Å². The van der Waals surface area contributed by atoms with Gasteiger partial charge in [-0.15, -0.1) is 0 Å². The first-order valence-electron chi connectivity index (χ1n) is 13.1. The first kappa shape index (κ1) is 30.4. The molecule has 0 radical (unpaired) electrons. The van der Waals surface area contributed by atoms with Crippen LogP contribution < -0.4 is 25.0 Å². The van der Waals surface area contributed by atoms with E-state index in [2.05, 4.69) is 15.8 Å². The van der Waals surface area contributed by atoms with Crippen LogP contribution in [0.4, 0.5) is 5.69 Å². The molecule has 0 spiro atoms. The van der Waals surface area contributed by atoms with E-state index in [1.165, 1.54) is 6.21 Å². The molecule has 0 unspecified atom stereocenters. The average molecular weight is 607 g/mol. The molecule has 0 heterocycles. The van der Waals surface area contributed by atoms with Crippen molar-refractivity contribution in [3.63, 3.8) is 0 Å². The molecule has 8 nitrogen and oxygen atoms in total. The number of carbonyl (C=O) groups is 2. The Hall–Kier alpha value is -4.53. The number of hydrogen-bond donors (Lipinski definition) is 2. The second kappa shape index (κ2) is 14.9. The molecule has 0 saturated heterocycles. The molecule has 0 aliphatic carbocycles. The molecule has 0 aromatic heterocycles. The third-order valence-electron chi connectivity index (χ3n) is 5.83. The molecule has 0 aliphatic heterocycles. The highest BCUT2D eigenvalue weighted by molar-refractivity contribution is 6.37. The molecule has 2 N–H and O–H groups in total. The van der Waals surface area contributed by atoms with Crippen molar-refractivity contribution in [3.8, 4) is 17.2 Å². The summed E-state index contributed by atoms with van der Waals surface area (Å²) in [5.74, 6) is 0.338. The predicted molar refractivity (Wildman–Crippen MR) is 165 cm³/mol. The summed E-state index contributed by atoms with van der Waals surface area (Å²) in [6.45, 7) is 4.30. The number of carbonyl (C=O) groups excluding carboxylic acids is 2. The normalized spacial score (nSPS) is 10.8. The van der Waals surface area contributed by atoms with Gasteiger partial charge in [0.1, 0.15) is 6.61 Å². The Balaban J connectivity index is 1.33. The van der Waals surface area contributed by atoms with Gasteiger partial charge in [-0.2, -0.15) is 5.10 Å². The van der Waals surface area contributed by atoms with Crippen molar-refractivity contribution in [3.05, 3.63) is 117 Å². The second-order valence-electron chi connectivity index (χ2n) is 9.08. The molecule has 216 valence electrons. The van der Waals surface area contributed by atoms with Gasteiger partial charge < -0.3 is 19.5 Å². The number of aryl methyl sites for hydroxylation is 1. The smallest absolute Gasteiger partial charge is 0.271 e. The Labute approximate surface area is 254 Å². The molecular formula is C32H29Cl2N3O5. The summed E-state index contributed by atoms with van der Waals surface area (Å²) < 4.78 is 17.1. The summed E-state index contributed by atoms with van der Waals surface area (Å²) in [5.41, 5.74) is 6.08. The van der Waals surface area contributed by atoms with Gasteiger partial charge in [0.2, 0.25) is 0 Å². The monoisotopic (exact) mass is 605 g/mol. The van der Waals surface area contributed by atoms with Crippen molar-refractivity contribution in [2.75, 3.05) is 18.5 Å². The zero-order valence-electron chi connectivity index (χ0n) is 23.0. The van der Waals surface area contributed by atoms with Gasteiger partial charge >= 0.3 is 0 Å². The van der Waals surface area contributed by atoms with E-state index in [4.69, 9.17) is 37.4 Å². The summed E-state index contributed by atoms with van der Waals surface area (Å²) in [7, 11) is 0. The summed E-state index contributed by atoms with van der Waals surface area (Å²) in [6.07, 6.45) is 1.39. The fourth-order valence-electron chi connectivity index (χ4n) is 3.77. The fourth-order valence-corrected chi connectivity index (χ4v) is 4.38.